The number of carbonyl (C=O) groups excluding carboxylic acids is 2. The van der Waals surface area contributed by atoms with Crippen LogP contribution in [-0.2, 0) is 9.59 Å². The first-order chi connectivity index (χ1) is 19.7. The van der Waals surface area contributed by atoms with Gasteiger partial charge in [-0.25, -0.2) is 0 Å². The van der Waals surface area contributed by atoms with Crippen molar-refractivity contribution in [1.82, 2.24) is 0 Å². The number of non-ortho nitro benzene ring substituents is 2. The maximum absolute atomic E-state index is 12.2. The lowest BCUT2D eigenvalue weighted by Crippen LogP contribution is -2.07. The van der Waals surface area contributed by atoms with E-state index in [0.29, 0.717) is 34.0 Å². The highest BCUT2D eigenvalue weighted by molar-refractivity contribution is 6.02. The molecule has 2 N–H and O–H groups in total. The van der Waals surface area contributed by atoms with Crippen LogP contribution in [0.25, 0.3) is 12.2 Å². The quantitative estimate of drug-likeness (QED) is 0.128. The molecule has 0 saturated heterocycles. The number of hydrogen-bond donors (Lipinski definition) is 2. The van der Waals surface area contributed by atoms with Gasteiger partial charge in [-0.15, -0.1) is 0 Å². The van der Waals surface area contributed by atoms with Crippen molar-refractivity contribution >= 4 is 46.7 Å². The topological polar surface area (TPSA) is 154 Å². The Hall–Kier alpha value is -6.10. The van der Waals surface area contributed by atoms with Crippen molar-refractivity contribution in [3.63, 3.8) is 0 Å². The van der Waals surface area contributed by atoms with E-state index in [-0.39, 0.29) is 11.4 Å². The van der Waals surface area contributed by atoms with Crippen LogP contribution < -0.4 is 15.4 Å². The molecule has 0 aromatic heterocycles. The lowest BCUT2D eigenvalue weighted by molar-refractivity contribution is -0.385. The monoisotopic (exact) mass is 550 g/mol. The van der Waals surface area contributed by atoms with Crippen molar-refractivity contribution in [2.45, 2.75) is 0 Å². The van der Waals surface area contributed by atoms with Crippen LogP contribution in [0.3, 0.4) is 0 Å². The fourth-order valence-corrected chi connectivity index (χ4v) is 3.54. The molecule has 0 aliphatic rings. The van der Waals surface area contributed by atoms with Crippen molar-refractivity contribution in [3.8, 4) is 11.5 Å². The Kier molecular flexibility index (Phi) is 8.93. The predicted octanol–water partition coefficient (Wildman–Crippen LogP) is 6.60. The van der Waals surface area contributed by atoms with Gasteiger partial charge in [0.05, 0.1) is 9.85 Å². The maximum Gasteiger partial charge on any atom is 0.270 e. The van der Waals surface area contributed by atoms with Crippen LogP contribution in [-0.4, -0.2) is 21.7 Å². The molecule has 4 aromatic rings. The van der Waals surface area contributed by atoms with Gasteiger partial charge in [0.15, 0.2) is 0 Å². The number of amides is 2. The SMILES string of the molecule is O=C(/C=C/c1cccc([N+](=O)[O-])c1)Nc1ccc(Oc2ccc(NC(=O)/C=C/c3cccc([N+](=O)[O-])c3)cc2)cc1. The first-order valence-corrected chi connectivity index (χ1v) is 12.1. The molecular weight excluding hydrogens is 528 g/mol. The zero-order valence-electron chi connectivity index (χ0n) is 21.3. The van der Waals surface area contributed by atoms with Gasteiger partial charge in [-0.1, -0.05) is 24.3 Å². The lowest BCUT2D eigenvalue weighted by Gasteiger charge is -2.08. The van der Waals surface area contributed by atoms with Gasteiger partial charge in [-0.3, -0.25) is 29.8 Å². The Morgan fingerprint density at radius 2 is 1.00 bits per heavy atom. The first-order valence-electron chi connectivity index (χ1n) is 12.1. The summed E-state index contributed by atoms with van der Waals surface area (Å²) in [5.41, 5.74) is 2.00. The summed E-state index contributed by atoms with van der Waals surface area (Å²) in [4.78, 5) is 45.2. The molecule has 0 aliphatic heterocycles. The minimum absolute atomic E-state index is 0.0600. The number of anilines is 2. The fourth-order valence-electron chi connectivity index (χ4n) is 3.54. The van der Waals surface area contributed by atoms with Gasteiger partial charge in [-0.05, 0) is 71.8 Å². The number of nitrogens with one attached hydrogen (secondary N) is 2. The average molecular weight is 551 g/mol. The van der Waals surface area contributed by atoms with E-state index in [9.17, 15) is 29.8 Å². The Labute approximate surface area is 233 Å². The van der Waals surface area contributed by atoms with Crippen LogP contribution in [0.5, 0.6) is 11.5 Å². The third kappa shape index (κ3) is 8.45. The maximum atomic E-state index is 12.2. The molecule has 41 heavy (non-hydrogen) atoms. The molecule has 0 spiro atoms. The molecule has 0 fully saturated rings. The second kappa shape index (κ2) is 13.1. The molecule has 204 valence electrons. The average Bonchev–Trinajstić information content (AvgIpc) is 2.97. The molecule has 11 nitrogen and oxygen atoms in total. The molecular formula is C30H22N4O7. The summed E-state index contributed by atoms with van der Waals surface area (Å²) in [5.74, 6) is 0.240. The Balaban J connectivity index is 1.27. The van der Waals surface area contributed by atoms with Gasteiger partial charge < -0.3 is 15.4 Å². The van der Waals surface area contributed by atoms with Crippen LogP contribution in [0, 0.1) is 20.2 Å². The van der Waals surface area contributed by atoms with E-state index < -0.39 is 21.7 Å². The van der Waals surface area contributed by atoms with Crippen molar-refractivity contribution in [2.24, 2.45) is 0 Å². The second-order valence-electron chi connectivity index (χ2n) is 8.50. The van der Waals surface area contributed by atoms with Crippen LogP contribution in [0.2, 0.25) is 0 Å². The third-order valence-corrected chi connectivity index (χ3v) is 5.50. The van der Waals surface area contributed by atoms with Crippen molar-refractivity contribution in [2.75, 3.05) is 10.6 Å². The molecule has 0 bridgehead atoms. The number of nitro benzene ring substituents is 2. The van der Waals surface area contributed by atoms with E-state index in [1.807, 2.05) is 0 Å². The summed E-state index contributed by atoms with van der Waals surface area (Å²) < 4.78 is 5.81. The van der Waals surface area contributed by atoms with Crippen LogP contribution >= 0.6 is 0 Å². The molecule has 0 aliphatic carbocycles. The van der Waals surface area contributed by atoms with Crippen molar-refractivity contribution < 1.29 is 24.2 Å². The van der Waals surface area contributed by atoms with Gasteiger partial charge >= 0.3 is 0 Å². The second-order valence-corrected chi connectivity index (χ2v) is 8.50. The van der Waals surface area contributed by atoms with Crippen LogP contribution in [0.1, 0.15) is 11.1 Å². The number of ether oxygens (including phenoxy) is 1. The molecule has 0 saturated carbocycles. The van der Waals surface area contributed by atoms with Gasteiger partial charge in [0.25, 0.3) is 11.4 Å². The number of benzene rings is 4. The van der Waals surface area contributed by atoms with E-state index in [4.69, 9.17) is 4.74 Å². The Bertz CT molecular complexity index is 1520. The highest BCUT2D eigenvalue weighted by atomic mass is 16.6. The van der Waals surface area contributed by atoms with E-state index >= 15 is 0 Å². The summed E-state index contributed by atoms with van der Waals surface area (Å²) >= 11 is 0. The van der Waals surface area contributed by atoms with Gasteiger partial charge in [0.1, 0.15) is 11.5 Å². The standard InChI is InChI=1S/C30H22N4O7/c35-29(17-7-21-3-1-5-25(19-21)33(37)38)31-23-9-13-27(14-10-23)41-28-15-11-24(12-16-28)32-30(36)18-8-22-4-2-6-26(20-22)34(39)40/h1-20H,(H,31,35)(H,32,36)/b17-7+,18-8+. The fraction of sp³-hybridized carbons (Fsp3) is 0. The molecule has 11 heteroatoms. The number of rotatable bonds is 10. The Morgan fingerprint density at radius 1 is 0.610 bits per heavy atom. The lowest BCUT2D eigenvalue weighted by atomic mass is 10.2. The highest BCUT2D eigenvalue weighted by Gasteiger charge is 2.06. The third-order valence-electron chi connectivity index (χ3n) is 5.50. The van der Waals surface area contributed by atoms with Gasteiger partial charge in [-0.2, -0.15) is 0 Å². The van der Waals surface area contributed by atoms with Crippen LogP contribution in [0.15, 0.2) is 109 Å². The number of nitrogens with zero attached hydrogens (tertiary/aromatic N) is 2. The van der Waals surface area contributed by atoms with E-state index in [1.165, 1.54) is 48.6 Å². The van der Waals surface area contributed by atoms with E-state index in [2.05, 4.69) is 10.6 Å². The summed E-state index contributed by atoms with van der Waals surface area (Å²) in [5, 5.41) is 27.2. The number of carbonyl (C=O) groups is 2. The Morgan fingerprint density at radius 3 is 1.37 bits per heavy atom. The van der Waals surface area contributed by atoms with E-state index in [1.54, 1.807) is 72.8 Å². The summed E-state index contributed by atoms with van der Waals surface area (Å²) in [6, 6.07) is 25.2. The van der Waals surface area contributed by atoms with Gasteiger partial charge in [0.2, 0.25) is 11.8 Å². The highest BCUT2D eigenvalue weighted by Crippen LogP contribution is 2.25. The smallest absolute Gasteiger partial charge is 0.270 e. The minimum atomic E-state index is -0.501. The first kappa shape index (κ1) is 27.9. The van der Waals surface area contributed by atoms with E-state index in [0.717, 1.165) is 0 Å². The van der Waals surface area contributed by atoms with Crippen LogP contribution in [0.4, 0.5) is 22.7 Å². The predicted molar refractivity (Wildman–Crippen MR) is 154 cm³/mol. The molecule has 0 heterocycles. The zero-order valence-corrected chi connectivity index (χ0v) is 21.3. The molecule has 2 amide bonds. The van der Waals surface area contributed by atoms with Gasteiger partial charge in [0, 0.05) is 47.8 Å². The minimum Gasteiger partial charge on any atom is -0.457 e. The van der Waals surface area contributed by atoms with Crippen molar-refractivity contribution in [1.29, 1.82) is 0 Å². The zero-order chi connectivity index (χ0) is 29.2. The molecule has 0 atom stereocenters. The summed E-state index contributed by atoms with van der Waals surface area (Å²) in [6.45, 7) is 0. The molecule has 4 aromatic carbocycles. The summed E-state index contributed by atoms with van der Waals surface area (Å²) in [7, 11) is 0. The largest absolute Gasteiger partial charge is 0.457 e. The molecule has 0 unspecified atom stereocenters. The molecule has 4 rings (SSSR count). The number of nitro groups is 2. The number of hydrogen-bond acceptors (Lipinski definition) is 7. The normalized spacial score (nSPS) is 10.8. The molecule has 0 radical (unpaired) electrons. The summed E-state index contributed by atoms with van der Waals surface area (Å²) in [6.07, 6.45) is 5.54. The van der Waals surface area contributed by atoms with Crippen molar-refractivity contribution in [3.05, 3.63) is 141 Å².